The first kappa shape index (κ1) is 25.6. The fourth-order valence-corrected chi connectivity index (χ4v) is 5.31. The normalized spacial score (nSPS) is 23.5. The molecular weight excluding hydrogens is 438 g/mol. The van der Waals surface area contributed by atoms with Crippen LogP contribution in [0.3, 0.4) is 0 Å². The van der Waals surface area contributed by atoms with Crippen LogP contribution in [0, 0.1) is 0 Å². The van der Waals surface area contributed by atoms with Crippen LogP contribution in [0.2, 0.25) is 0 Å². The SMILES string of the molecule is O=C(O)CCC=CCO[C@H]1[C@H](OCc2ccc(-c3ccccc3)cc2)CC[C@@H]1N1CCCCCC1. The van der Waals surface area contributed by atoms with E-state index in [1.165, 1.54) is 42.4 Å². The molecule has 0 amide bonds. The number of benzene rings is 2. The van der Waals surface area contributed by atoms with Gasteiger partial charge in [-0.05, 0) is 61.9 Å². The van der Waals surface area contributed by atoms with Crippen LogP contribution in [0.25, 0.3) is 11.1 Å². The largest absolute Gasteiger partial charge is 0.481 e. The predicted molar refractivity (Wildman–Crippen MR) is 139 cm³/mol. The molecule has 0 radical (unpaired) electrons. The lowest BCUT2D eigenvalue weighted by atomic mass is 10.0. The molecule has 1 N–H and O–H groups in total. The van der Waals surface area contributed by atoms with Crippen LogP contribution in [-0.2, 0) is 20.9 Å². The zero-order chi connectivity index (χ0) is 24.3. The zero-order valence-electron chi connectivity index (χ0n) is 20.7. The highest BCUT2D eigenvalue weighted by atomic mass is 16.5. The van der Waals surface area contributed by atoms with Gasteiger partial charge < -0.3 is 14.6 Å². The number of likely N-dealkylation sites (tertiary alicyclic amines) is 1. The lowest BCUT2D eigenvalue weighted by Crippen LogP contribution is -2.45. The molecule has 5 nitrogen and oxygen atoms in total. The highest BCUT2D eigenvalue weighted by Gasteiger charge is 2.40. The fraction of sp³-hybridized carbons (Fsp3) is 0.500. The third kappa shape index (κ3) is 7.76. The van der Waals surface area contributed by atoms with Gasteiger partial charge in [0.2, 0.25) is 0 Å². The Hall–Kier alpha value is -2.47. The summed E-state index contributed by atoms with van der Waals surface area (Å²) in [6, 6.07) is 19.5. The smallest absolute Gasteiger partial charge is 0.303 e. The highest BCUT2D eigenvalue weighted by molar-refractivity contribution is 5.66. The van der Waals surface area contributed by atoms with Crippen molar-refractivity contribution in [3.63, 3.8) is 0 Å². The molecule has 0 bridgehead atoms. The van der Waals surface area contributed by atoms with Crippen molar-refractivity contribution in [1.29, 1.82) is 0 Å². The molecule has 1 heterocycles. The first-order valence-electron chi connectivity index (χ1n) is 13.2. The van der Waals surface area contributed by atoms with Crippen LogP contribution in [0.15, 0.2) is 66.7 Å². The van der Waals surface area contributed by atoms with Gasteiger partial charge in [0.15, 0.2) is 0 Å². The minimum absolute atomic E-state index is 0.0424. The quantitative estimate of drug-likeness (QED) is 0.397. The van der Waals surface area contributed by atoms with E-state index in [-0.39, 0.29) is 18.6 Å². The lowest BCUT2D eigenvalue weighted by Gasteiger charge is -2.33. The second-order valence-corrected chi connectivity index (χ2v) is 9.71. The average molecular weight is 478 g/mol. The monoisotopic (exact) mass is 477 g/mol. The molecular formula is C30H39NO4. The topological polar surface area (TPSA) is 59.0 Å². The molecule has 1 saturated heterocycles. The second-order valence-electron chi connectivity index (χ2n) is 9.71. The maximum Gasteiger partial charge on any atom is 0.303 e. The van der Waals surface area contributed by atoms with E-state index >= 15 is 0 Å². The number of hydrogen-bond acceptors (Lipinski definition) is 4. The van der Waals surface area contributed by atoms with Gasteiger partial charge in [-0.15, -0.1) is 0 Å². The van der Waals surface area contributed by atoms with Gasteiger partial charge in [0.05, 0.1) is 25.4 Å². The molecule has 188 valence electrons. The van der Waals surface area contributed by atoms with E-state index in [1.54, 1.807) is 0 Å². The molecule has 5 heteroatoms. The van der Waals surface area contributed by atoms with Crippen molar-refractivity contribution >= 4 is 5.97 Å². The third-order valence-corrected chi connectivity index (χ3v) is 7.20. The Bertz CT molecular complexity index is 919. The van der Waals surface area contributed by atoms with Gasteiger partial charge in [-0.3, -0.25) is 9.69 Å². The molecule has 1 saturated carbocycles. The number of nitrogens with zero attached hydrogens (tertiary/aromatic N) is 1. The van der Waals surface area contributed by atoms with Crippen LogP contribution >= 0.6 is 0 Å². The van der Waals surface area contributed by atoms with E-state index in [1.807, 2.05) is 18.2 Å². The van der Waals surface area contributed by atoms with Crippen molar-refractivity contribution in [3.05, 3.63) is 72.3 Å². The first-order chi connectivity index (χ1) is 17.2. The van der Waals surface area contributed by atoms with Crippen molar-refractivity contribution in [2.75, 3.05) is 19.7 Å². The molecule has 0 aromatic heterocycles. The summed E-state index contributed by atoms with van der Waals surface area (Å²) in [5.41, 5.74) is 3.61. The van der Waals surface area contributed by atoms with E-state index in [0.717, 1.165) is 25.9 Å². The Morgan fingerprint density at radius 1 is 0.886 bits per heavy atom. The van der Waals surface area contributed by atoms with Gasteiger partial charge in [-0.2, -0.15) is 0 Å². The van der Waals surface area contributed by atoms with Gasteiger partial charge in [0.25, 0.3) is 0 Å². The number of aliphatic carboxylic acids is 1. The Kier molecular flexibility index (Phi) is 9.94. The summed E-state index contributed by atoms with van der Waals surface area (Å²) in [6.07, 6.45) is 12.0. The number of carboxylic acids is 1. The fourth-order valence-electron chi connectivity index (χ4n) is 5.31. The standard InChI is InChI=1S/C30H39NO4/c32-29(33)13-7-4-10-22-34-30-27(31-20-8-1-2-9-21-31)18-19-28(30)35-23-24-14-16-26(17-15-24)25-11-5-3-6-12-25/h3-6,10-12,14-17,27-28,30H,1-2,7-9,13,18-23H2,(H,32,33)/t27-,28+,30+/m0/s1. The Morgan fingerprint density at radius 2 is 1.60 bits per heavy atom. The Balaban J connectivity index is 1.35. The number of carboxylic acid groups (broad SMARTS) is 1. The van der Waals surface area contributed by atoms with E-state index in [9.17, 15) is 4.79 Å². The van der Waals surface area contributed by atoms with Gasteiger partial charge in [-0.25, -0.2) is 0 Å². The number of ether oxygens (including phenoxy) is 2. The first-order valence-corrected chi connectivity index (χ1v) is 13.2. The maximum absolute atomic E-state index is 10.7. The molecule has 2 fully saturated rings. The average Bonchev–Trinajstić information content (AvgIpc) is 3.08. The Labute approximate surface area is 209 Å². The molecule has 0 unspecified atom stereocenters. The number of carbonyl (C=O) groups is 1. The minimum Gasteiger partial charge on any atom is -0.481 e. The summed E-state index contributed by atoms with van der Waals surface area (Å²) in [6.45, 7) is 3.38. The van der Waals surface area contributed by atoms with E-state index < -0.39 is 5.97 Å². The minimum atomic E-state index is -0.766. The highest BCUT2D eigenvalue weighted by Crippen LogP contribution is 2.32. The summed E-state index contributed by atoms with van der Waals surface area (Å²) >= 11 is 0. The van der Waals surface area contributed by atoms with Crippen molar-refractivity contribution in [1.82, 2.24) is 4.90 Å². The van der Waals surface area contributed by atoms with Crippen LogP contribution in [0.5, 0.6) is 0 Å². The zero-order valence-corrected chi connectivity index (χ0v) is 20.7. The third-order valence-electron chi connectivity index (χ3n) is 7.20. The summed E-state index contributed by atoms with van der Waals surface area (Å²) in [4.78, 5) is 13.4. The molecule has 1 aliphatic heterocycles. The predicted octanol–water partition coefficient (Wildman–Crippen LogP) is 6.08. The van der Waals surface area contributed by atoms with Crippen molar-refractivity contribution in [3.8, 4) is 11.1 Å². The summed E-state index contributed by atoms with van der Waals surface area (Å²) in [5.74, 6) is -0.766. The lowest BCUT2D eigenvalue weighted by molar-refractivity contribution is -0.136. The van der Waals surface area contributed by atoms with Crippen molar-refractivity contribution in [2.24, 2.45) is 0 Å². The Morgan fingerprint density at radius 3 is 2.31 bits per heavy atom. The van der Waals surface area contributed by atoms with Crippen LogP contribution in [-0.4, -0.2) is 53.9 Å². The molecule has 2 aromatic rings. The summed E-state index contributed by atoms with van der Waals surface area (Å²) < 4.78 is 12.8. The van der Waals surface area contributed by atoms with Crippen molar-refractivity contribution in [2.45, 2.75) is 76.2 Å². The van der Waals surface area contributed by atoms with E-state index in [2.05, 4.69) is 53.4 Å². The molecule has 4 rings (SSSR count). The molecule has 0 spiro atoms. The van der Waals surface area contributed by atoms with Gasteiger partial charge in [0, 0.05) is 12.5 Å². The number of allylic oxidation sites excluding steroid dienone is 1. The van der Waals surface area contributed by atoms with Crippen molar-refractivity contribution < 1.29 is 19.4 Å². The van der Waals surface area contributed by atoms with Gasteiger partial charge in [-0.1, -0.05) is 79.6 Å². The van der Waals surface area contributed by atoms with Gasteiger partial charge in [0.1, 0.15) is 0 Å². The molecule has 3 atom stereocenters. The summed E-state index contributed by atoms with van der Waals surface area (Å²) in [7, 11) is 0. The molecule has 2 aromatic carbocycles. The van der Waals surface area contributed by atoms with Crippen LogP contribution in [0.4, 0.5) is 0 Å². The molecule has 2 aliphatic rings. The van der Waals surface area contributed by atoms with Crippen LogP contribution in [0.1, 0.15) is 56.9 Å². The van der Waals surface area contributed by atoms with E-state index in [0.29, 0.717) is 25.7 Å². The maximum atomic E-state index is 10.7. The second kappa shape index (κ2) is 13.6. The number of hydrogen-bond donors (Lipinski definition) is 1. The van der Waals surface area contributed by atoms with Crippen LogP contribution < -0.4 is 0 Å². The van der Waals surface area contributed by atoms with Gasteiger partial charge >= 0.3 is 5.97 Å². The number of rotatable bonds is 11. The van der Waals surface area contributed by atoms with E-state index in [4.69, 9.17) is 14.6 Å². The summed E-state index contributed by atoms with van der Waals surface area (Å²) in [5, 5.41) is 8.82. The molecule has 1 aliphatic carbocycles. The molecule has 35 heavy (non-hydrogen) atoms.